The zero-order valence-electron chi connectivity index (χ0n) is 13.7. The van der Waals surface area contributed by atoms with Crippen molar-refractivity contribution >= 4 is 31.9 Å². The number of hydrogen-bond donors (Lipinski definition) is 2. The topological polar surface area (TPSA) is 111 Å². The lowest BCUT2D eigenvalue weighted by molar-refractivity contribution is 0.0950. The average molecular weight is 428 g/mol. The molecule has 0 aliphatic carbocycles. The molecule has 1 aromatic carbocycles. The molecule has 0 saturated carbocycles. The predicted octanol–water partition coefficient (Wildman–Crippen LogP) is 2.21. The molecule has 25 heavy (non-hydrogen) atoms. The summed E-state index contributed by atoms with van der Waals surface area (Å²) in [7, 11) is -3.88. The molecule has 1 amide bonds. The second-order valence-electron chi connectivity index (χ2n) is 5.54. The number of nitrogens with one attached hydrogen (secondary N) is 1. The van der Waals surface area contributed by atoms with E-state index in [1.165, 1.54) is 18.2 Å². The molecule has 0 bridgehead atoms. The van der Waals surface area contributed by atoms with Crippen molar-refractivity contribution in [3.05, 3.63) is 52.1 Å². The van der Waals surface area contributed by atoms with Gasteiger partial charge in [-0.3, -0.25) is 4.79 Å². The molecule has 3 N–H and O–H groups in total. The number of carbonyl (C=O) groups excluding carboxylic acids is 1. The Morgan fingerprint density at radius 2 is 2.04 bits per heavy atom. The number of amides is 1. The van der Waals surface area contributed by atoms with Gasteiger partial charge in [-0.15, -0.1) is 0 Å². The largest absolute Gasteiger partial charge is 0.475 e. The number of primary sulfonamides is 1. The SMILES string of the molecule is CC(C)Oc1ccc(CNC(=O)c2cc(S(N)(=O)=O)ccc2Br)cn1. The molecule has 0 atom stereocenters. The van der Waals surface area contributed by atoms with Crippen molar-refractivity contribution in [2.24, 2.45) is 5.14 Å². The Labute approximate surface area is 154 Å². The Morgan fingerprint density at radius 3 is 2.60 bits per heavy atom. The van der Waals surface area contributed by atoms with Gasteiger partial charge in [0.2, 0.25) is 15.9 Å². The second kappa shape index (κ2) is 7.94. The van der Waals surface area contributed by atoms with Crippen LogP contribution in [0.25, 0.3) is 0 Å². The van der Waals surface area contributed by atoms with E-state index in [1.54, 1.807) is 18.3 Å². The number of nitrogens with zero attached hydrogens (tertiary/aromatic N) is 1. The van der Waals surface area contributed by atoms with Crippen molar-refractivity contribution in [3.63, 3.8) is 0 Å². The van der Waals surface area contributed by atoms with Gasteiger partial charge in [-0.25, -0.2) is 18.5 Å². The minimum absolute atomic E-state index is 0.0292. The van der Waals surface area contributed by atoms with Crippen LogP contribution in [0.2, 0.25) is 0 Å². The highest BCUT2D eigenvalue weighted by molar-refractivity contribution is 9.10. The normalized spacial score (nSPS) is 11.4. The molecule has 0 unspecified atom stereocenters. The summed E-state index contributed by atoms with van der Waals surface area (Å²) in [6.07, 6.45) is 1.63. The average Bonchev–Trinajstić information content (AvgIpc) is 2.52. The highest BCUT2D eigenvalue weighted by Crippen LogP contribution is 2.20. The van der Waals surface area contributed by atoms with Crippen LogP contribution in [0.4, 0.5) is 0 Å². The first-order valence-electron chi connectivity index (χ1n) is 7.39. The lowest BCUT2D eigenvalue weighted by Crippen LogP contribution is -2.24. The van der Waals surface area contributed by atoms with Gasteiger partial charge in [0.25, 0.3) is 5.91 Å². The number of halogens is 1. The fraction of sp³-hybridized carbons (Fsp3) is 0.250. The predicted molar refractivity (Wildman–Crippen MR) is 96.7 cm³/mol. The summed E-state index contributed by atoms with van der Waals surface area (Å²) in [5.74, 6) is 0.0774. The minimum Gasteiger partial charge on any atom is -0.475 e. The molecule has 2 rings (SSSR count). The summed E-state index contributed by atoms with van der Waals surface area (Å²) in [5.41, 5.74) is 0.961. The van der Waals surface area contributed by atoms with Crippen LogP contribution < -0.4 is 15.2 Å². The first-order valence-corrected chi connectivity index (χ1v) is 9.73. The van der Waals surface area contributed by atoms with Crippen molar-refractivity contribution in [1.82, 2.24) is 10.3 Å². The van der Waals surface area contributed by atoms with Gasteiger partial charge in [-0.05, 0) is 53.5 Å². The van der Waals surface area contributed by atoms with Gasteiger partial charge in [0.15, 0.2) is 0 Å². The van der Waals surface area contributed by atoms with Gasteiger partial charge in [0.1, 0.15) is 0 Å². The van der Waals surface area contributed by atoms with E-state index in [9.17, 15) is 13.2 Å². The maximum atomic E-state index is 12.3. The zero-order chi connectivity index (χ0) is 18.6. The molecule has 0 aliphatic rings. The number of sulfonamides is 1. The van der Waals surface area contributed by atoms with Crippen LogP contribution in [0.3, 0.4) is 0 Å². The lowest BCUT2D eigenvalue weighted by Gasteiger charge is -2.10. The Morgan fingerprint density at radius 1 is 1.32 bits per heavy atom. The summed E-state index contributed by atoms with van der Waals surface area (Å²) in [4.78, 5) is 16.3. The molecule has 0 spiro atoms. The van der Waals surface area contributed by atoms with Crippen molar-refractivity contribution in [3.8, 4) is 5.88 Å². The third kappa shape index (κ3) is 5.52. The summed E-state index contributed by atoms with van der Waals surface area (Å²) >= 11 is 3.23. The number of pyridine rings is 1. The summed E-state index contributed by atoms with van der Waals surface area (Å²) in [6, 6.07) is 7.54. The van der Waals surface area contributed by atoms with E-state index in [0.717, 1.165) is 5.56 Å². The van der Waals surface area contributed by atoms with E-state index < -0.39 is 15.9 Å². The van der Waals surface area contributed by atoms with Gasteiger partial charge >= 0.3 is 0 Å². The number of rotatable bonds is 6. The van der Waals surface area contributed by atoms with Gasteiger partial charge in [-0.2, -0.15) is 0 Å². The van der Waals surface area contributed by atoms with E-state index >= 15 is 0 Å². The lowest BCUT2D eigenvalue weighted by atomic mass is 10.2. The third-order valence-electron chi connectivity index (χ3n) is 3.12. The number of benzene rings is 1. The van der Waals surface area contributed by atoms with Crippen LogP contribution >= 0.6 is 15.9 Å². The van der Waals surface area contributed by atoms with Crippen LogP contribution in [0.1, 0.15) is 29.8 Å². The third-order valence-corrected chi connectivity index (χ3v) is 4.72. The number of aromatic nitrogens is 1. The van der Waals surface area contributed by atoms with Crippen LogP contribution in [-0.4, -0.2) is 25.4 Å². The summed E-state index contributed by atoms with van der Waals surface area (Å²) < 4.78 is 28.8. The molecule has 0 saturated heterocycles. The molecular weight excluding hydrogens is 410 g/mol. The van der Waals surface area contributed by atoms with Crippen molar-refractivity contribution in [2.75, 3.05) is 0 Å². The second-order valence-corrected chi connectivity index (χ2v) is 7.96. The van der Waals surface area contributed by atoms with E-state index in [4.69, 9.17) is 9.88 Å². The van der Waals surface area contributed by atoms with Crippen LogP contribution in [-0.2, 0) is 16.6 Å². The highest BCUT2D eigenvalue weighted by Gasteiger charge is 2.15. The quantitative estimate of drug-likeness (QED) is 0.733. The number of carbonyl (C=O) groups is 1. The van der Waals surface area contributed by atoms with Gasteiger partial charge in [-0.1, -0.05) is 6.07 Å². The number of hydrogen-bond acceptors (Lipinski definition) is 5. The maximum Gasteiger partial charge on any atom is 0.252 e. The van der Waals surface area contributed by atoms with Gasteiger partial charge in [0, 0.05) is 23.3 Å². The molecule has 2 aromatic rings. The molecule has 9 heteroatoms. The Kier molecular flexibility index (Phi) is 6.15. The van der Waals surface area contributed by atoms with Crippen molar-refractivity contribution in [2.45, 2.75) is 31.4 Å². The smallest absolute Gasteiger partial charge is 0.252 e. The van der Waals surface area contributed by atoms with Gasteiger partial charge in [0.05, 0.1) is 16.6 Å². The Balaban J connectivity index is 2.07. The van der Waals surface area contributed by atoms with Crippen molar-refractivity contribution in [1.29, 1.82) is 0 Å². The molecule has 0 radical (unpaired) electrons. The zero-order valence-corrected chi connectivity index (χ0v) is 16.1. The molecule has 1 aromatic heterocycles. The summed E-state index contributed by atoms with van der Waals surface area (Å²) in [6.45, 7) is 4.05. The molecule has 134 valence electrons. The fourth-order valence-electron chi connectivity index (χ4n) is 1.96. The molecule has 0 fully saturated rings. The summed E-state index contributed by atoms with van der Waals surface area (Å²) in [5, 5.41) is 7.80. The maximum absolute atomic E-state index is 12.3. The standard InChI is InChI=1S/C16H18BrN3O4S/c1-10(2)24-15-6-3-11(8-19-15)9-20-16(21)13-7-12(25(18,22)23)4-5-14(13)17/h3-8,10H,9H2,1-2H3,(H,20,21)(H2,18,22,23). The number of ether oxygens (including phenoxy) is 1. The number of nitrogens with two attached hydrogens (primary N) is 1. The minimum atomic E-state index is -3.88. The van der Waals surface area contributed by atoms with Crippen LogP contribution in [0, 0.1) is 0 Å². The Bertz CT molecular complexity index is 867. The molecule has 7 nitrogen and oxygen atoms in total. The van der Waals surface area contributed by atoms with E-state index in [-0.39, 0.29) is 23.1 Å². The van der Waals surface area contributed by atoms with Crippen LogP contribution in [0.15, 0.2) is 45.9 Å². The first kappa shape index (κ1) is 19.4. The molecular formula is C16H18BrN3O4S. The van der Waals surface area contributed by atoms with E-state index in [1.807, 2.05) is 13.8 Å². The highest BCUT2D eigenvalue weighted by atomic mass is 79.9. The van der Waals surface area contributed by atoms with Gasteiger partial charge < -0.3 is 10.1 Å². The van der Waals surface area contributed by atoms with E-state index in [2.05, 4.69) is 26.2 Å². The molecule has 0 aliphatic heterocycles. The van der Waals surface area contributed by atoms with E-state index in [0.29, 0.717) is 10.4 Å². The Hall–Kier alpha value is -1.97. The van der Waals surface area contributed by atoms with Crippen molar-refractivity contribution < 1.29 is 17.9 Å². The fourth-order valence-corrected chi connectivity index (χ4v) is 2.93. The van der Waals surface area contributed by atoms with Crippen LogP contribution in [0.5, 0.6) is 5.88 Å². The molecule has 1 heterocycles. The monoisotopic (exact) mass is 427 g/mol. The first-order chi connectivity index (χ1) is 11.7.